The fraction of sp³-hybridized carbons (Fsp3) is 0.167. The molecule has 0 saturated carbocycles. The Kier molecular flexibility index (Phi) is 5.85. The van der Waals surface area contributed by atoms with Crippen LogP contribution in [0.2, 0.25) is 0 Å². The van der Waals surface area contributed by atoms with Crippen LogP contribution in [-0.4, -0.2) is 35.1 Å². The minimum Gasteiger partial charge on any atom is -0.348 e. The first-order valence-corrected chi connectivity index (χ1v) is 9.51. The van der Waals surface area contributed by atoms with Crippen molar-refractivity contribution in [3.05, 3.63) is 66.0 Å². The molecule has 3 rings (SSSR count). The quantitative estimate of drug-likeness (QED) is 0.637. The van der Waals surface area contributed by atoms with Crippen LogP contribution in [-0.2, 0) is 4.79 Å². The third kappa shape index (κ3) is 4.59. The molecule has 0 aliphatic rings. The zero-order valence-electron chi connectivity index (χ0n) is 14.2. The Bertz CT molecular complexity index is 886. The van der Waals surface area contributed by atoms with Crippen LogP contribution >= 0.6 is 23.1 Å². The Morgan fingerprint density at radius 1 is 1.15 bits per heavy atom. The van der Waals surface area contributed by atoms with Gasteiger partial charge in [0.2, 0.25) is 11.0 Å². The van der Waals surface area contributed by atoms with Gasteiger partial charge in [0.1, 0.15) is 11.1 Å². The van der Waals surface area contributed by atoms with Crippen molar-refractivity contribution in [2.75, 3.05) is 19.4 Å². The standard InChI is InChI=1S/C18H17FN4OS2/c1-23(2)16(24)15(12-7-4-3-5-8-12)25-18-22-21-17(26-18)20-14-10-6-9-13(19)11-14/h3-11,15H,1-2H3,(H,20,21)/t15-/m0/s1. The molecule has 0 saturated heterocycles. The molecule has 0 unspecified atom stereocenters. The molecular formula is C18H17FN4OS2. The number of benzene rings is 2. The van der Waals surface area contributed by atoms with E-state index in [-0.39, 0.29) is 11.7 Å². The van der Waals surface area contributed by atoms with Crippen LogP contribution in [0.4, 0.5) is 15.2 Å². The summed E-state index contributed by atoms with van der Waals surface area (Å²) in [5.41, 5.74) is 1.51. The predicted molar refractivity (Wildman–Crippen MR) is 103 cm³/mol. The van der Waals surface area contributed by atoms with Crippen molar-refractivity contribution < 1.29 is 9.18 Å². The van der Waals surface area contributed by atoms with E-state index in [4.69, 9.17) is 0 Å². The van der Waals surface area contributed by atoms with E-state index in [1.165, 1.54) is 35.2 Å². The first-order valence-electron chi connectivity index (χ1n) is 7.82. The molecular weight excluding hydrogens is 371 g/mol. The normalized spacial score (nSPS) is 11.8. The predicted octanol–water partition coefficient (Wildman–Crippen LogP) is 4.34. The van der Waals surface area contributed by atoms with Gasteiger partial charge in [-0.15, -0.1) is 10.2 Å². The van der Waals surface area contributed by atoms with Crippen molar-refractivity contribution in [2.24, 2.45) is 0 Å². The monoisotopic (exact) mass is 388 g/mol. The summed E-state index contributed by atoms with van der Waals surface area (Å²) in [6.07, 6.45) is 0. The number of hydrogen-bond donors (Lipinski definition) is 1. The highest BCUT2D eigenvalue weighted by Crippen LogP contribution is 2.39. The van der Waals surface area contributed by atoms with Gasteiger partial charge in [-0.3, -0.25) is 4.79 Å². The van der Waals surface area contributed by atoms with Gasteiger partial charge in [-0.25, -0.2) is 4.39 Å². The molecule has 0 aliphatic heterocycles. The lowest BCUT2D eigenvalue weighted by Crippen LogP contribution is -2.26. The van der Waals surface area contributed by atoms with E-state index in [2.05, 4.69) is 15.5 Å². The van der Waals surface area contributed by atoms with E-state index < -0.39 is 5.25 Å². The second-order valence-corrected chi connectivity index (χ2v) is 7.98. The Labute approximate surface area is 159 Å². The third-order valence-corrected chi connectivity index (χ3v) is 5.63. The summed E-state index contributed by atoms with van der Waals surface area (Å²) in [4.78, 5) is 14.2. The van der Waals surface area contributed by atoms with Crippen LogP contribution in [0.25, 0.3) is 0 Å². The molecule has 2 aromatic carbocycles. The maximum Gasteiger partial charge on any atom is 0.240 e. The molecule has 8 heteroatoms. The van der Waals surface area contributed by atoms with Crippen LogP contribution in [0, 0.1) is 5.82 Å². The number of rotatable bonds is 6. The van der Waals surface area contributed by atoms with Gasteiger partial charge in [-0.2, -0.15) is 0 Å². The summed E-state index contributed by atoms with van der Waals surface area (Å²) in [6.45, 7) is 0. The molecule has 0 fully saturated rings. The number of nitrogens with one attached hydrogen (secondary N) is 1. The topological polar surface area (TPSA) is 58.1 Å². The fourth-order valence-corrected chi connectivity index (χ4v) is 4.33. The average Bonchev–Trinajstić information content (AvgIpc) is 3.07. The Morgan fingerprint density at radius 2 is 1.92 bits per heavy atom. The molecule has 134 valence electrons. The molecule has 0 radical (unpaired) electrons. The molecule has 0 bridgehead atoms. The zero-order valence-corrected chi connectivity index (χ0v) is 15.9. The van der Waals surface area contributed by atoms with Crippen molar-refractivity contribution in [3.63, 3.8) is 0 Å². The van der Waals surface area contributed by atoms with Crippen LogP contribution < -0.4 is 5.32 Å². The van der Waals surface area contributed by atoms with Gasteiger partial charge in [0.15, 0.2) is 4.34 Å². The SMILES string of the molecule is CN(C)C(=O)[C@@H](Sc1nnc(Nc2cccc(F)c2)s1)c1ccccc1. The van der Waals surface area contributed by atoms with Crippen LogP contribution in [0.15, 0.2) is 58.9 Å². The van der Waals surface area contributed by atoms with Crippen LogP contribution in [0.5, 0.6) is 0 Å². The first-order chi connectivity index (χ1) is 12.5. The molecule has 1 aromatic heterocycles. The van der Waals surface area contributed by atoms with E-state index in [9.17, 15) is 9.18 Å². The summed E-state index contributed by atoms with van der Waals surface area (Å²) in [7, 11) is 3.46. The van der Waals surface area contributed by atoms with Crippen molar-refractivity contribution in [1.29, 1.82) is 0 Å². The zero-order chi connectivity index (χ0) is 18.5. The molecule has 3 aromatic rings. The Morgan fingerprint density at radius 3 is 2.62 bits per heavy atom. The smallest absolute Gasteiger partial charge is 0.240 e. The van der Waals surface area contributed by atoms with E-state index in [0.29, 0.717) is 15.2 Å². The minimum absolute atomic E-state index is 0.0176. The number of aromatic nitrogens is 2. The molecule has 1 amide bonds. The van der Waals surface area contributed by atoms with Crippen molar-refractivity contribution >= 4 is 39.8 Å². The fourth-order valence-electron chi connectivity index (χ4n) is 2.22. The van der Waals surface area contributed by atoms with Gasteiger partial charge in [-0.05, 0) is 23.8 Å². The molecule has 0 spiro atoms. The second-order valence-electron chi connectivity index (χ2n) is 5.65. The highest BCUT2D eigenvalue weighted by molar-refractivity contribution is 8.01. The summed E-state index contributed by atoms with van der Waals surface area (Å²) >= 11 is 2.67. The van der Waals surface area contributed by atoms with E-state index in [0.717, 1.165) is 5.56 Å². The van der Waals surface area contributed by atoms with Crippen molar-refractivity contribution in [1.82, 2.24) is 15.1 Å². The van der Waals surface area contributed by atoms with Crippen molar-refractivity contribution in [3.8, 4) is 0 Å². The number of thioether (sulfide) groups is 1. The number of nitrogens with zero attached hydrogens (tertiary/aromatic N) is 3. The molecule has 1 heterocycles. The van der Waals surface area contributed by atoms with E-state index >= 15 is 0 Å². The number of carbonyl (C=O) groups is 1. The Hall–Kier alpha value is -2.45. The van der Waals surface area contributed by atoms with Gasteiger partial charge >= 0.3 is 0 Å². The first kappa shape index (κ1) is 18.3. The Balaban J connectivity index is 1.77. The molecule has 5 nitrogen and oxygen atoms in total. The molecule has 0 aliphatic carbocycles. The number of carbonyl (C=O) groups excluding carboxylic acids is 1. The number of amides is 1. The molecule has 26 heavy (non-hydrogen) atoms. The maximum absolute atomic E-state index is 13.3. The van der Waals surface area contributed by atoms with Gasteiger partial charge < -0.3 is 10.2 Å². The highest BCUT2D eigenvalue weighted by atomic mass is 32.2. The number of likely N-dealkylation sites (N-methyl/N-ethyl adjacent to an activating group) is 1. The van der Waals surface area contributed by atoms with Gasteiger partial charge in [0.25, 0.3) is 0 Å². The maximum atomic E-state index is 13.3. The van der Waals surface area contributed by atoms with Gasteiger partial charge in [-0.1, -0.05) is 59.5 Å². The highest BCUT2D eigenvalue weighted by Gasteiger charge is 2.25. The van der Waals surface area contributed by atoms with Crippen LogP contribution in [0.3, 0.4) is 0 Å². The lowest BCUT2D eigenvalue weighted by atomic mass is 10.1. The molecule has 1 N–H and O–H groups in total. The summed E-state index contributed by atoms with van der Waals surface area (Å²) in [6, 6.07) is 15.7. The summed E-state index contributed by atoms with van der Waals surface area (Å²) < 4.78 is 13.9. The lowest BCUT2D eigenvalue weighted by Gasteiger charge is -2.19. The van der Waals surface area contributed by atoms with Crippen molar-refractivity contribution in [2.45, 2.75) is 9.59 Å². The average molecular weight is 388 g/mol. The summed E-state index contributed by atoms with van der Waals surface area (Å²) in [5.74, 6) is -0.342. The summed E-state index contributed by atoms with van der Waals surface area (Å²) in [5, 5.41) is 11.4. The number of hydrogen-bond acceptors (Lipinski definition) is 6. The molecule has 1 atom stereocenters. The van der Waals surface area contributed by atoms with Gasteiger partial charge in [0, 0.05) is 19.8 Å². The number of anilines is 2. The van der Waals surface area contributed by atoms with Gasteiger partial charge in [0.05, 0.1) is 0 Å². The minimum atomic E-state index is -0.402. The van der Waals surface area contributed by atoms with E-state index in [1.54, 1.807) is 31.1 Å². The van der Waals surface area contributed by atoms with E-state index in [1.807, 2.05) is 30.3 Å². The van der Waals surface area contributed by atoms with Crippen LogP contribution in [0.1, 0.15) is 10.8 Å². The largest absolute Gasteiger partial charge is 0.348 e. The number of halogens is 1. The second kappa shape index (κ2) is 8.29. The third-order valence-electron chi connectivity index (χ3n) is 3.47. The lowest BCUT2D eigenvalue weighted by molar-refractivity contribution is -0.128.